The summed E-state index contributed by atoms with van der Waals surface area (Å²) in [7, 11) is 1.56. The minimum atomic E-state index is -0.943. The van der Waals surface area contributed by atoms with E-state index in [9.17, 15) is 9.59 Å². The third-order valence-electron chi connectivity index (χ3n) is 2.62. The molecule has 0 saturated heterocycles. The number of carboxylic acids is 1. The molecular weight excluding hydrogens is 236 g/mol. The Labute approximate surface area is 108 Å². The molecule has 2 N–H and O–H groups in total. The van der Waals surface area contributed by atoms with Gasteiger partial charge in [0.15, 0.2) is 0 Å². The molecule has 0 fully saturated rings. The van der Waals surface area contributed by atoms with Gasteiger partial charge in [0.25, 0.3) is 0 Å². The van der Waals surface area contributed by atoms with E-state index in [4.69, 9.17) is 9.84 Å². The van der Waals surface area contributed by atoms with Gasteiger partial charge in [-0.3, -0.25) is 14.5 Å². The minimum absolute atomic E-state index is 0.164. The van der Waals surface area contributed by atoms with Crippen LogP contribution in [0.2, 0.25) is 0 Å². The van der Waals surface area contributed by atoms with Crippen LogP contribution < -0.4 is 5.32 Å². The summed E-state index contributed by atoms with van der Waals surface area (Å²) in [6, 6.07) is -0.502. The number of ether oxygens (including phenoxy) is 1. The molecule has 0 spiro atoms. The van der Waals surface area contributed by atoms with Crippen molar-refractivity contribution in [1.29, 1.82) is 0 Å². The molecule has 0 saturated carbocycles. The summed E-state index contributed by atoms with van der Waals surface area (Å²) < 4.78 is 4.84. The third-order valence-corrected chi connectivity index (χ3v) is 2.62. The molecule has 1 unspecified atom stereocenters. The van der Waals surface area contributed by atoms with E-state index >= 15 is 0 Å². The molecule has 18 heavy (non-hydrogen) atoms. The Morgan fingerprint density at radius 3 is 2.33 bits per heavy atom. The molecule has 0 aliphatic heterocycles. The van der Waals surface area contributed by atoms with Gasteiger partial charge < -0.3 is 15.2 Å². The monoisotopic (exact) mass is 260 g/mol. The van der Waals surface area contributed by atoms with Gasteiger partial charge in [0.05, 0.1) is 19.2 Å². The van der Waals surface area contributed by atoms with Crippen molar-refractivity contribution in [1.82, 2.24) is 10.2 Å². The Morgan fingerprint density at radius 1 is 1.39 bits per heavy atom. The second-order valence-corrected chi connectivity index (χ2v) is 5.15. The zero-order chi connectivity index (χ0) is 14.3. The summed E-state index contributed by atoms with van der Waals surface area (Å²) in [5, 5.41) is 11.6. The molecule has 0 aromatic rings. The number of carbonyl (C=O) groups is 2. The van der Waals surface area contributed by atoms with Crippen molar-refractivity contribution in [3.05, 3.63) is 0 Å². The van der Waals surface area contributed by atoms with Gasteiger partial charge >= 0.3 is 5.97 Å². The first kappa shape index (κ1) is 16.9. The second-order valence-electron chi connectivity index (χ2n) is 5.15. The number of carbonyl (C=O) groups excluding carboxylic acids is 1. The highest BCUT2D eigenvalue weighted by Crippen LogP contribution is 2.16. The fraction of sp³-hybridized carbons (Fsp3) is 0.833. The molecule has 0 rings (SSSR count). The van der Waals surface area contributed by atoms with Crippen molar-refractivity contribution >= 4 is 11.9 Å². The highest BCUT2D eigenvalue weighted by Gasteiger charge is 2.31. The second kappa shape index (κ2) is 7.33. The lowest BCUT2D eigenvalue weighted by Gasteiger charge is -2.38. The predicted molar refractivity (Wildman–Crippen MR) is 68.4 cm³/mol. The highest BCUT2D eigenvalue weighted by atomic mass is 16.5. The average Bonchev–Trinajstić information content (AvgIpc) is 2.23. The normalized spacial score (nSPS) is 13.4. The van der Waals surface area contributed by atoms with Gasteiger partial charge in [0, 0.05) is 19.2 Å². The molecule has 106 valence electrons. The number of amides is 1. The molecule has 1 atom stereocenters. The average molecular weight is 260 g/mol. The zero-order valence-electron chi connectivity index (χ0n) is 11.8. The van der Waals surface area contributed by atoms with Crippen molar-refractivity contribution < 1.29 is 19.4 Å². The molecule has 0 aliphatic rings. The van der Waals surface area contributed by atoms with Gasteiger partial charge in [-0.1, -0.05) is 0 Å². The number of rotatable bonds is 7. The number of nitrogens with zero attached hydrogens (tertiary/aromatic N) is 1. The number of nitrogens with one attached hydrogen (secondary N) is 1. The standard InChI is InChI=1S/C12H24N2O4/c1-9(11(17)13-6-7-18-5)14(8-10(15)16)12(2,3)4/h9H,6-8H2,1-5H3,(H,13,17)(H,15,16). The molecule has 0 radical (unpaired) electrons. The van der Waals surface area contributed by atoms with Gasteiger partial charge in [-0.25, -0.2) is 0 Å². The van der Waals surface area contributed by atoms with Gasteiger partial charge in [-0.05, 0) is 27.7 Å². The van der Waals surface area contributed by atoms with Crippen LogP contribution in [0, 0.1) is 0 Å². The maximum absolute atomic E-state index is 11.9. The summed E-state index contributed by atoms with van der Waals surface area (Å²) >= 11 is 0. The van der Waals surface area contributed by atoms with Gasteiger partial charge in [0.2, 0.25) is 5.91 Å². The smallest absolute Gasteiger partial charge is 0.317 e. The SMILES string of the molecule is COCCNC(=O)C(C)N(CC(=O)O)C(C)(C)C. The van der Waals surface area contributed by atoms with Crippen LogP contribution in [0.3, 0.4) is 0 Å². The number of hydrogen-bond donors (Lipinski definition) is 2. The van der Waals surface area contributed by atoms with Crippen LogP contribution in [0.5, 0.6) is 0 Å². The van der Waals surface area contributed by atoms with E-state index in [1.807, 2.05) is 20.8 Å². The molecular formula is C12H24N2O4. The van der Waals surface area contributed by atoms with Gasteiger partial charge in [-0.15, -0.1) is 0 Å². The first-order valence-corrected chi connectivity index (χ1v) is 5.95. The summed E-state index contributed by atoms with van der Waals surface area (Å²) in [6.45, 7) is 8.05. The third kappa shape index (κ3) is 5.97. The van der Waals surface area contributed by atoms with Crippen molar-refractivity contribution in [3.8, 4) is 0 Å². The molecule has 0 heterocycles. The molecule has 0 aromatic heterocycles. The Morgan fingerprint density at radius 2 is 1.94 bits per heavy atom. The topological polar surface area (TPSA) is 78.9 Å². The lowest BCUT2D eigenvalue weighted by Crippen LogP contribution is -2.55. The van der Waals surface area contributed by atoms with Gasteiger partial charge in [-0.2, -0.15) is 0 Å². The minimum Gasteiger partial charge on any atom is -0.480 e. The van der Waals surface area contributed by atoms with E-state index in [0.29, 0.717) is 13.2 Å². The van der Waals surface area contributed by atoms with Crippen molar-refractivity contribution in [2.45, 2.75) is 39.3 Å². The quantitative estimate of drug-likeness (QED) is 0.645. The largest absolute Gasteiger partial charge is 0.480 e. The van der Waals surface area contributed by atoms with Crippen LogP contribution in [0.15, 0.2) is 0 Å². The fourth-order valence-corrected chi connectivity index (χ4v) is 1.67. The summed E-state index contributed by atoms with van der Waals surface area (Å²) in [4.78, 5) is 24.4. The van der Waals surface area contributed by atoms with Crippen molar-refractivity contribution in [2.24, 2.45) is 0 Å². The van der Waals surface area contributed by atoms with E-state index in [-0.39, 0.29) is 12.5 Å². The first-order valence-electron chi connectivity index (χ1n) is 5.95. The molecule has 0 aliphatic carbocycles. The van der Waals surface area contributed by atoms with Crippen LogP contribution in [-0.2, 0) is 14.3 Å². The highest BCUT2D eigenvalue weighted by molar-refractivity contribution is 5.82. The number of aliphatic carboxylic acids is 1. The van der Waals surface area contributed by atoms with Crippen LogP contribution in [0.25, 0.3) is 0 Å². The maximum atomic E-state index is 11.9. The number of carboxylic acid groups (broad SMARTS) is 1. The first-order chi connectivity index (χ1) is 8.20. The summed E-state index contributed by atoms with van der Waals surface area (Å²) in [5.74, 6) is -1.13. The molecule has 6 nitrogen and oxygen atoms in total. The van der Waals surface area contributed by atoms with E-state index in [1.54, 1.807) is 18.9 Å². The van der Waals surface area contributed by atoms with E-state index in [2.05, 4.69) is 5.32 Å². The summed E-state index contributed by atoms with van der Waals surface area (Å²) in [5.41, 5.74) is -0.392. The van der Waals surface area contributed by atoms with Crippen LogP contribution in [0.1, 0.15) is 27.7 Å². The van der Waals surface area contributed by atoms with E-state index < -0.39 is 17.6 Å². The summed E-state index contributed by atoms with van der Waals surface area (Å²) in [6.07, 6.45) is 0. The molecule has 6 heteroatoms. The molecule has 1 amide bonds. The van der Waals surface area contributed by atoms with E-state index in [1.165, 1.54) is 0 Å². The van der Waals surface area contributed by atoms with Crippen molar-refractivity contribution in [2.75, 3.05) is 26.8 Å². The van der Waals surface area contributed by atoms with Crippen molar-refractivity contribution in [3.63, 3.8) is 0 Å². The van der Waals surface area contributed by atoms with E-state index in [0.717, 1.165) is 0 Å². The Bertz CT molecular complexity index is 286. The van der Waals surface area contributed by atoms with Crippen LogP contribution >= 0.6 is 0 Å². The number of hydrogen-bond acceptors (Lipinski definition) is 4. The molecule has 0 bridgehead atoms. The lowest BCUT2D eigenvalue weighted by atomic mass is 10.0. The zero-order valence-corrected chi connectivity index (χ0v) is 11.8. The van der Waals surface area contributed by atoms with Crippen LogP contribution in [-0.4, -0.2) is 60.3 Å². The lowest BCUT2D eigenvalue weighted by molar-refractivity contribution is -0.142. The predicted octanol–water partition coefficient (Wildman–Crippen LogP) is 0.323. The molecule has 0 aromatic carbocycles. The van der Waals surface area contributed by atoms with Crippen LogP contribution in [0.4, 0.5) is 0 Å². The fourth-order valence-electron chi connectivity index (χ4n) is 1.67. The van der Waals surface area contributed by atoms with Gasteiger partial charge in [0.1, 0.15) is 0 Å². The maximum Gasteiger partial charge on any atom is 0.317 e. The Hall–Kier alpha value is -1.14. The Kier molecular flexibility index (Phi) is 6.86. The Balaban J connectivity index is 4.59. The number of methoxy groups -OCH3 is 1.